The Balaban J connectivity index is 2.14. The van der Waals surface area contributed by atoms with E-state index in [9.17, 15) is 0 Å². The van der Waals surface area contributed by atoms with Crippen molar-refractivity contribution in [3.63, 3.8) is 0 Å². The lowest BCUT2D eigenvalue weighted by atomic mass is 10.2. The van der Waals surface area contributed by atoms with Gasteiger partial charge in [-0.25, -0.2) is 4.98 Å². The van der Waals surface area contributed by atoms with Gasteiger partial charge in [-0.1, -0.05) is 18.2 Å². The van der Waals surface area contributed by atoms with Crippen LogP contribution in [0.5, 0.6) is 0 Å². The van der Waals surface area contributed by atoms with E-state index in [-0.39, 0.29) is 0 Å². The number of nitrogens with one attached hydrogen (secondary N) is 1. The summed E-state index contributed by atoms with van der Waals surface area (Å²) >= 11 is 0. The lowest BCUT2D eigenvalue weighted by molar-refractivity contribution is 1.09. The van der Waals surface area contributed by atoms with Crippen LogP contribution in [0.2, 0.25) is 0 Å². The molecule has 2 rings (SSSR count). The number of pyridine rings is 1. The van der Waals surface area contributed by atoms with Crippen LogP contribution < -0.4 is 11.1 Å². The summed E-state index contributed by atoms with van der Waals surface area (Å²) in [6.07, 6.45) is 0. The van der Waals surface area contributed by atoms with Gasteiger partial charge in [-0.2, -0.15) is 5.26 Å². The molecule has 18 heavy (non-hydrogen) atoms. The van der Waals surface area contributed by atoms with Gasteiger partial charge in [0.25, 0.3) is 0 Å². The van der Waals surface area contributed by atoms with Crippen LogP contribution in [-0.4, -0.2) is 4.98 Å². The number of hydrogen-bond acceptors (Lipinski definition) is 4. The molecule has 90 valence electrons. The molecule has 0 fully saturated rings. The minimum atomic E-state index is 0.591. The molecular formula is C14H14N4. The number of benzene rings is 1. The van der Waals surface area contributed by atoms with Gasteiger partial charge in [0.1, 0.15) is 5.82 Å². The maximum absolute atomic E-state index is 8.89. The lowest BCUT2D eigenvalue weighted by Gasteiger charge is -2.08. The Bertz CT molecular complexity index is 599. The molecule has 3 N–H and O–H groups in total. The molecule has 0 unspecified atom stereocenters. The highest BCUT2D eigenvalue weighted by atomic mass is 15.0. The summed E-state index contributed by atoms with van der Waals surface area (Å²) in [7, 11) is 0. The fourth-order valence-electron chi connectivity index (χ4n) is 1.70. The lowest BCUT2D eigenvalue weighted by Crippen LogP contribution is -2.04. The van der Waals surface area contributed by atoms with E-state index in [1.54, 1.807) is 12.1 Å². The van der Waals surface area contributed by atoms with Crippen molar-refractivity contribution in [2.45, 2.75) is 13.5 Å². The molecule has 0 atom stereocenters. The molecule has 1 aromatic carbocycles. The van der Waals surface area contributed by atoms with E-state index in [1.807, 2.05) is 31.2 Å². The smallest absolute Gasteiger partial charge is 0.127 e. The first kappa shape index (κ1) is 11.9. The van der Waals surface area contributed by atoms with Gasteiger partial charge in [0.05, 0.1) is 11.6 Å². The number of aryl methyl sites for hydroxylation is 1. The van der Waals surface area contributed by atoms with Gasteiger partial charge in [0, 0.05) is 17.9 Å². The van der Waals surface area contributed by atoms with Crippen LogP contribution in [0, 0.1) is 18.3 Å². The molecule has 0 saturated carbocycles. The second-order valence-electron chi connectivity index (χ2n) is 4.05. The van der Waals surface area contributed by atoms with Crippen LogP contribution >= 0.6 is 0 Å². The predicted octanol–water partition coefficient (Wildman–Crippen LogP) is 2.46. The second-order valence-corrected chi connectivity index (χ2v) is 4.05. The van der Waals surface area contributed by atoms with Crippen LogP contribution in [0.1, 0.15) is 16.8 Å². The third kappa shape index (κ3) is 2.77. The van der Waals surface area contributed by atoms with Gasteiger partial charge in [-0.05, 0) is 30.7 Å². The van der Waals surface area contributed by atoms with Crippen LogP contribution in [-0.2, 0) is 6.54 Å². The number of rotatable bonds is 3. The zero-order chi connectivity index (χ0) is 13.0. The summed E-state index contributed by atoms with van der Waals surface area (Å²) in [5.74, 6) is 0.690. The summed E-state index contributed by atoms with van der Waals surface area (Å²) in [6.45, 7) is 2.46. The van der Waals surface area contributed by atoms with Crippen molar-refractivity contribution < 1.29 is 0 Å². The highest BCUT2D eigenvalue weighted by Gasteiger charge is 2.01. The average Bonchev–Trinajstić information content (AvgIpc) is 2.37. The molecule has 1 aromatic heterocycles. The topological polar surface area (TPSA) is 74.7 Å². The molecule has 2 aromatic rings. The number of para-hydroxylation sites is 1. The minimum absolute atomic E-state index is 0.591. The quantitative estimate of drug-likeness (QED) is 0.805. The maximum Gasteiger partial charge on any atom is 0.127 e. The van der Waals surface area contributed by atoms with Gasteiger partial charge in [-0.15, -0.1) is 0 Å². The van der Waals surface area contributed by atoms with Gasteiger partial charge in [0.2, 0.25) is 0 Å². The molecular weight excluding hydrogens is 224 g/mol. The molecule has 0 radical (unpaired) electrons. The summed E-state index contributed by atoms with van der Waals surface area (Å²) in [5, 5.41) is 12.1. The van der Waals surface area contributed by atoms with Gasteiger partial charge >= 0.3 is 0 Å². The molecule has 4 nitrogen and oxygen atoms in total. The van der Waals surface area contributed by atoms with Crippen molar-refractivity contribution in [1.82, 2.24) is 4.98 Å². The number of nitrogen functional groups attached to an aromatic ring is 1. The van der Waals surface area contributed by atoms with E-state index in [2.05, 4.69) is 16.4 Å². The van der Waals surface area contributed by atoms with Crippen LogP contribution in [0.3, 0.4) is 0 Å². The number of anilines is 2. The molecule has 4 heteroatoms. The zero-order valence-corrected chi connectivity index (χ0v) is 10.1. The van der Waals surface area contributed by atoms with Crippen molar-refractivity contribution in [3.05, 3.63) is 53.2 Å². The van der Waals surface area contributed by atoms with Crippen molar-refractivity contribution in [2.24, 2.45) is 0 Å². The van der Waals surface area contributed by atoms with Crippen LogP contribution in [0.4, 0.5) is 11.5 Å². The number of aromatic nitrogens is 1. The van der Waals surface area contributed by atoms with Crippen LogP contribution in [0.25, 0.3) is 0 Å². The Morgan fingerprint density at radius 3 is 2.83 bits per heavy atom. The van der Waals surface area contributed by atoms with Crippen molar-refractivity contribution in [2.75, 3.05) is 11.1 Å². The second kappa shape index (κ2) is 5.19. The molecule has 0 aliphatic carbocycles. The molecule has 0 aliphatic heterocycles. The van der Waals surface area contributed by atoms with Crippen LogP contribution in [0.15, 0.2) is 36.4 Å². The SMILES string of the molecule is Cc1cc(C#N)cc(NCc2ccccc2N)n1. The third-order valence-electron chi connectivity index (χ3n) is 2.60. The normalized spacial score (nSPS) is 9.78. The summed E-state index contributed by atoms with van der Waals surface area (Å²) in [4.78, 5) is 4.32. The standard InChI is InChI=1S/C14H14N4/c1-10-6-11(8-15)7-14(18-10)17-9-12-4-2-3-5-13(12)16/h2-7H,9,16H2,1H3,(H,17,18). The Morgan fingerprint density at radius 2 is 2.11 bits per heavy atom. The van der Waals surface area contributed by atoms with Crippen molar-refractivity contribution in [1.29, 1.82) is 5.26 Å². The largest absolute Gasteiger partial charge is 0.398 e. The van der Waals surface area contributed by atoms with E-state index in [0.29, 0.717) is 17.9 Å². The van der Waals surface area contributed by atoms with Gasteiger partial charge in [0.15, 0.2) is 0 Å². The van der Waals surface area contributed by atoms with E-state index in [0.717, 1.165) is 16.9 Å². The van der Waals surface area contributed by atoms with Crippen molar-refractivity contribution in [3.8, 4) is 6.07 Å². The Morgan fingerprint density at radius 1 is 1.33 bits per heavy atom. The first-order valence-electron chi connectivity index (χ1n) is 5.65. The highest BCUT2D eigenvalue weighted by molar-refractivity contribution is 5.50. The number of nitrogens with two attached hydrogens (primary N) is 1. The first-order valence-corrected chi connectivity index (χ1v) is 5.65. The summed E-state index contributed by atoms with van der Waals surface area (Å²) < 4.78 is 0. The Hall–Kier alpha value is -2.54. The fraction of sp³-hybridized carbons (Fsp3) is 0.143. The van der Waals surface area contributed by atoms with E-state index in [4.69, 9.17) is 11.0 Å². The number of hydrogen-bond donors (Lipinski definition) is 2. The van der Waals surface area contributed by atoms with E-state index < -0.39 is 0 Å². The molecule has 0 bridgehead atoms. The fourth-order valence-corrected chi connectivity index (χ4v) is 1.70. The number of nitrogens with zero attached hydrogens (tertiary/aromatic N) is 2. The third-order valence-corrected chi connectivity index (χ3v) is 2.60. The van der Waals surface area contributed by atoms with Crippen molar-refractivity contribution >= 4 is 11.5 Å². The predicted molar refractivity (Wildman–Crippen MR) is 71.9 cm³/mol. The minimum Gasteiger partial charge on any atom is -0.398 e. The van der Waals surface area contributed by atoms with E-state index >= 15 is 0 Å². The molecule has 0 saturated heterocycles. The molecule has 0 aliphatic rings. The first-order chi connectivity index (χ1) is 8.69. The molecule has 0 amide bonds. The average molecular weight is 238 g/mol. The molecule has 0 spiro atoms. The maximum atomic E-state index is 8.89. The Kier molecular flexibility index (Phi) is 3.44. The van der Waals surface area contributed by atoms with Gasteiger partial charge in [-0.3, -0.25) is 0 Å². The summed E-state index contributed by atoms with van der Waals surface area (Å²) in [6, 6.07) is 13.3. The number of nitriles is 1. The highest BCUT2D eigenvalue weighted by Crippen LogP contribution is 2.14. The zero-order valence-electron chi connectivity index (χ0n) is 10.1. The van der Waals surface area contributed by atoms with E-state index in [1.165, 1.54) is 0 Å². The summed E-state index contributed by atoms with van der Waals surface area (Å²) in [5.41, 5.74) is 9.04. The Labute approximate surface area is 106 Å². The van der Waals surface area contributed by atoms with Gasteiger partial charge < -0.3 is 11.1 Å². The monoisotopic (exact) mass is 238 g/mol. The molecule has 1 heterocycles.